The number of carbonyl (C=O) groups is 1. The van der Waals surface area contributed by atoms with Crippen LogP contribution in [0.3, 0.4) is 0 Å². The third-order valence-electron chi connectivity index (χ3n) is 4.52. The minimum atomic E-state index is -0.244. The third-order valence-corrected chi connectivity index (χ3v) is 4.76. The molecule has 1 saturated heterocycles. The number of methoxy groups -OCH3 is 1. The molecule has 140 valence electrons. The maximum Gasteiger partial charge on any atom is 0.237 e. The standard InChI is InChI=1S/C18H24ClN5O2/c1-3-23-9-8-20-18(25)15(23)12-17-21-16(7-10-26-2)22-24(17)14-6-4-5-13(19)11-14/h4-6,11,15H,3,7-10,12H2,1-2H3,(H,20,25). The molecule has 8 heteroatoms. The lowest BCUT2D eigenvalue weighted by molar-refractivity contribution is -0.128. The molecule has 2 aromatic rings. The highest BCUT2D eigenvalue weighted by Gasteiger charge is 2.30. The number of hydrogen-bond donors (Lipinski definition) is 1. The minimum absolute atomic E-state index is 0.0391. The number of ether oxygens (including phenoxy) is 1. The summed E-state index contributed by atoms with van der Waals surface area (Å²) < 4.78 is 6.92. The molecule has 7 nitrogen and oxygen atoms in total. The van der Waals surface area contributed by atoms with Gasteiger partial charge in [-0.2, -0.15) is 5.10 Å². The molecular weight excluding hydrogens is 354 g/mol. The minimum Gasteiger partial charge on any atom is -0.384 e. The summed E-state index contributed by atoms with van der Waals surface area (Å²) in [5.74, 6) is 1.48. The highest BCUT2D eigenvalue weighted by atomic mass is 35.5. The van der Waals surface area contributed by atoms with Gasteiger partial charge in [0.15, 0.2) is 5.82 Å². The summed E-state index contributed by atoms with van der Waals surface area (Å²) in [6.45, 7) is 4.96. The Bertz CT molecular complexity index is 764. The zero-order valence-electron chi connectivity index (χ0n) is 15.1. The smallest absolute Gasteiger partial charge is 0.237 e. The Morgan fingerprint density at radius 1 is 1.42 bits per heavy atom. The van der Waals surface area contributed by atoms with Crippen LogP contribution in [0, 0.1) is 0 Å². The van der Waals surface area contributed by atoms with E-state index in [-0.39, 0.29) is 11.9 Å². The Kier molecular flexibility index (Phi) is 6.24. The number of amides is 1. The molecule has 0 spiro atoms. The SMILES string of the molecule is CCN1CCNC(=O)C1Cc1nc(CCOC)nn1-c1cccc(Cl)c1. The summed E-state index contributed by atoms with van der Waals surface area (Å²) >= 11 is 6.14. The van der Waals surface area contributed by atoms with Gasteiger partial charge in [0.2, 0.25) is 5.91 Å². The predicted octanol–water partition coefficient (Wildman–Crippen LogP) is 1.47. The Balaban J connectivity index is 1.93. The van der Waals surface area contributed by atoms with Crippen molar-refractivity contribution in [2.45, 2.75) is 25.8 Å². The zero-order valence-corrected chi connectivity index (χ0v) is 15.9. The van der Waals surface area contributed by atoms with Gasteiger partial charge in [0.1, 0.15) is 5.82 Å². The van der Waals surface area contributed by atoms with Crippen molar-refractivity contribution in [1.29, 1.82) is 0 Å². The molecule has 1 aliphatic heterocycles. The van der Waals surface area contributed by atoms with Crippen molar-refractivity contribution in [2.75, 3.05) is 33.4 Å². The number of carbonyl (C=O) groups excluding carboxylic acids is 1. The molecule has 1 aromatic carbocycles. The number of rotatable bonds is 7. The second-order valence-electron chi connectivity index (χ2n) is 6.22. The van der Waals surface area contributed by atoms with Crippen LogP contribution < -0.4 is 5.32 Å². The highest BCUT2D eigenvalue weighted by Crippen LogP contribution is 2.18. The Labute approximate surface area is 158 Å². The van der Waals surface area contributed by atoms with Gasteiger partial charge in [0.25, 0.3) is 0 Å². The third kappa shape index (κ3) is 4.23. The van der Waals surface area contributed by atoms with E-state index < -0.39 is 0 Å². The molecule has 0 aliphatic carbocycles. The van der Waals surface area contributed by atoms with E-state index in [4.69, 9.17) is 16.3 Å². The van der Waals surface area contributed by atoms with Crippen molar-refractivity contribution in [3.63, 3.8) is 0 Å². The molecule has 1 N–H and O–H groups in total. The number of benzene rings is 1. The fourth-order valence-electron chi connectivity index (χ4n) is 3.17. The molecule has 3 rings (SSSR count). The zero-order chi connectivity index (χ0) is 18.5. The van der Waals surface area contributed by atoms with Crippen molar-refractivity contribution in [3.05, 3.63) is 40.9 Å². The van der Waals surface area contributed by atoms with Crippen LogP contribution in [0.25, 0.3) is 5.69 Å². The molecular formula is C18H24ClN5O2. The predicted molar refractivity (Wildman–Crippen MR) is 99.7 cm³/mol. The van der Waals surface area contributed by atoms with Crippen LogP contribution in [-0.4, -0.2) is 65.0 Å². The second-order valence-corrected chi connectivity index (χ2v) is 6.65. The van der Waals surface area contributed by atoms with Crippen molar-refractivity contribution in [3.8, 4) is 5.69 Å². The van der Waals surface area contributed by atoms with Gasteiger partial charge >= 0.3 is 0 Å². The first-order valence-electron chi connectivity index (χ1n) is 8.83. The van der Waals surface area contributed by atoms with Gasteiger partial charge in [-0.05, 0) is 24.7 Å². The van der Waals surface area contributed by atoms with Gasteiger partial charge in [0, 0.05) is 38.1 Å². The number of aromatic nitrogens is 3. The highest BCUT2D eigenvalue weighted by molar-refractivity contribution is 6.30. The number of nitrogens with zero attached hydrogens (tertiary/aromatic N) is 4. The second kappa shape index (κ2) is 8.62. The molecule has 1 aliphatic rings. The van der Waals surface area contributed by atoms with E-state index in [1.54, 1.807) is 11.8 Å². The van der Waals surface area contributed by atoms with Crippen LogP contribution >= 0.6 is 11.6 Å². The van der Waals surface area contributed by atoms with Gasteiger partial charge < -0.3 is 10.1 Å². The monoisotopic (exact) mass is 377 g/mol. The molecule has 1 atom stereocenters. The van der Waals surface area contributed by atoms with Gasteiger partial charge in [0.05, 0.1) is 18.3 Å². The van der Waals surface area contributed by atoms with Crippen LogP contribution in [0.5, 0.6) is 0 Å². The first-order chi connectivity index (χ1) is 12.6. The molecule has 1 fully saturated rings. The van der Waals surface area contributed by atoms with Gasteiger partial charge in [-0.1, -0.05) is 24.6 Å². The maximum absolute atomic E-state index is 12.4. The van der Waals surface area contributed by atoms with Gasteiger partial charge in [-0.3, -0.25) is 9.69 Å². The van der Waals surface area contributed by atoms with E-state index in [0.717, 1.165) is 24.6 Å². The normalized spacial score (nSPS) is 18.1. The van der Waals surface area contributed by atoms with Crippen molar-refractivity contribution in [2.24, 2.45) is 0 Å². The number of halogens is 1. The lowest BCUT2D eigenvalue weighted by atomic mass is 10.1. The topological polar surface area (TPSA) is 72.3 Å². The summed E-state index contributed by atoms with van der Waals surface area (Å²) in [5, 5.41) is 8.20. The molecule has 0 saturated carbocycles. The average Bonchev–Trinajstić information content (AvgIpc) is 3.04. The van der Waals surface area contributed by atoms with Crippen LogP contribution in [0.1, 0.15) is 18.6 Å². The van der Waals surface area contributed by atoms with E-state index in [9.17, 15) is 4.79 Å². The number of likely N-dealkylation sites (N-methyl/N-ethyl adjacent to an activating group) is 1. The molecule has 2 heterocycles. The number of hydrogen-bond acceptors (Lipinski definition) is 5. The lowest BCUT2D eigenvalue weighted by Crippen LogP contribution is -2.56. The van der Waals surface area contributed by atoms with E-state index in [1.165, 1.54) is 0 Å². The molecule has 0 radical (unpaired) electrons. The van der Waals surface area contributed by atoms with Crippen molar-refractivity contribution >= 4 is 17.5 Å². The summed E-state index contributed by atoms with van der Waals surface area (Å²) in [6.07, 6.45) is 1.11. The number of nitrogens with one attached hydrogen (secondary N) is 1. The van der Waals surface area contributed by atoms with Gasteiger partial charge in [-0.25, -0.2) is 9.67 Å². The molecule has 1 amide bonds. The van der Waals surface area contributed by atoms with Crippen molar-refractivity contribution < 1.29 is 9.53 Å². The van der Waals surface area contributed by atoms with E-state index in [2.05, 4.69) is 27.2 Å². The van der Waals surface area contributed by atoms with Crippen LogP contribution in [0.15, 0.2) is 24.3 Å². The molecule has 0 bridgehead atoms. The van der Waals surface area contributed by atoms with E-state index in [1.807, 2.05) is 24.3 Å². The molecule has 1 unspecified atom stereocenters. The van der Waals surface area contributed by atoms with Gasteiger partial charge in [-0.15, -0.1) is 0 Å². The summed E-state index contributed by atoms with van der Waals surface area (Å²) in [5.41, 5.74) is 0.836. The summed E-state index contributed by atoms with van der Waals surface area (Å²) in [7, 11) is 1.65. The Hall–Kier alpha value is -1.96. The largest absolute Gasteiger partial charge is 0.384 e. The molecule has 26 heavy (non-hydrogen) atoms. The van der Waals surface area contributed by atoms with Crippen molar-refractivity contribution in [1.82, 2.24) is 25.0 Å². The van der Waals surface area contributed by atoms with E-state index >= 15 is 0 Å². The van der Waals surface area contributed by atoms with Crippen LogP contribution in [0.2, 0.25) is 5.02 Å². The molecule has 1 aromatic heterocycles. The Morgan fingerprint density at radius 3 is 3.00 bits per heavy atom. The average molecular weight is 378 g/mol. The first-order valence-corrected chi connectivity index (χ1v) is 9.21. The quantitative estimate of drug-likeness (QED) is 0.791. The number of piperazine rings is 1. The lowest BCUT2D eigenvalue weighted by Gasteiger charge is -2.33. The fraction of sp³-hybridized carbons (Fsp3) is 0.500. The Morgan fingerprint density at radius 2 is 2.27 bits per heavy atom. The van der Waals surface area contributed by atoms with Crippen LogP contribution in [-0.2, 0) is 22.4 Å². The van der Waals surface area contributed by atoms with E-state index in [0.29, 0.717) is 36.8 Å². The van der Waals surface area contributed by atoms with Crippen LogP contribution in [0.4, 0.5) is 0 Å². The summed E-state index contributed by atoms with van der Waals surface area (Å²) in [4.78, 5) is 19.2. The maximum atomic E-state index is 12.4. The fourth-order valence-corrected chi connectivity index (χ4v) is 3.36. The first kappa shape index (κ1) is 18.8. The summed E-state index contributed by atoms with van der Waals surface area (Å²) in [6, 6.07) is 7.23.